The maximum Gasteiger partial charge on any atom is 0.253 e. The van der Waals surface area contributed by atoms with Crippen molar-refractivity contribution in [3.63, 3.8) is 0 Å². The van der Waals surface area contributed by atoms with Crippen LogP contribution in [0.15, 0.2) is 85.2 Å². The lowest BCUT2D eigenvalue weighted by Crippen LogP contribution is -2.51. The minimum absolute atomic E-state index is 0.115. The van der Waals surface area contributed by atoms with Crippen LogP contribution < -0.4 is 14.8 Å². The zero-order valence-corrected chi connectivity index (χ0v) is 22.6. The van der Waals surface area contributed by atoms with Crippen LogP contribution in [0.3, 0.4) is 0 Å². The van der Waals surface area contributed by atoms with Crippen LogP contribution in [0.2, 0.25) is 0 Å². The fraction of sp³-hybridized carbons (Fsp3) is 0.345. The van der Waals surface area contributed by atoms with Crippen molar-refractivity contribution in [3.8, 4) is 5.75 Å². The number of rotatable bonds is 15. The molecule has 1 aromatic heterocycles. The van der Waals surface area contributed by atoms with Crippen molar-refractivity contribution in [2.75, 3.05) is 13.2 Å². The molecule has 3 rings (SSSR count). The molecular weight excluding hydrogens is 502 g/mol. The van der Waals surface area contributed by atoms with Crippen LogP contribution in [0.25, 0.3) is 0 Å². The molecule has 0 aliphatic carbocycles. The average molecular weight is 538 g/mol. The van der Waals surface area contributed by atoms with E-state index < -0.39 is 39.6 Å². The van der Waals surface area contributed by atoms with Gasteiger partial charge < -0.3 is 10.1 Å². The van der Waals surface area contributed by atoms with Crippen LogP contribution in [0.5, 0.6) is 5.75 Å². The molecule has 0 bridgehead atoms. The Hall–Kier alpha value is -3.56. The highest BCUT2D eigenvalue weighted by atomic mass is 32.2. The van der Waals surface area contributed by atoms with Gasteiger partial charge in [0.25, 0.3) is 5.91 Å². The van der Waals surface area contributed by atoms with Gasteiger partial charge in [0.05, 0.1) is 17.4 Å². The number of hydrogen-bond acceptors (Lipinski definition) is 6. The quantitative estimate of drug-likeness (QED) is 0.305. The number of nitrogens with zero attached hydrogens (tertiary/aromatic N) is 1. The Kier molecular flexibility index (Phi) is 11.0. The van der Waals surface area contributed by atoms with E-state index in [0.717, 1.165) is 5.56 Å². The van der Waals surface area contributed by atoms with Crippen molar-refractivity contribution in [3.05, 3.63) is 96.3 Å². The van der Waals surface area contributed by atoms with E-state index in [1.807, 2.05) is 50.2 Å². The van der Waals surface area contributed by atoms with E-state index in [0.29, 0.717) is 24.2 Å². The lowest BCUT2D eigenvalue weighted by atomic mass is 9.96. The normalized spacial score (nSPS) is 13.0. The monoisotopic (exact) mass is 537 g/mol. The minimum atomic E-state index is -4.00. The van der Waals surface area contributed by atoms with E-state index in [4.69, 9.17) is 4.74 Å². The third kappa shape index (κ3) is 9.39. The number of benzene rings is 2. The van der Waals surface area contributed by atoms with E-state index in [9.17, 15) is 18.0 Å². The standard InChI is InChI=1S/C29H35N3O5S/c1-22(2)18-27(32-29(34)24-12-9-17-30-19-24)28(16-15-23-10-5-3-6-11-23)38(35,36)31-20-25(33)21-37-26-13-7-4-8-14-26/h3-14,17,19,22,27-28,31H,15-16,18,20-21H2,1-2H3,(H,32,34). The van der Waals surface area contributed by atoms with Gasteiger partial charge in [0.1, 0.15) is 12.4 Å². The first-order valence-electron chi connectivity index (χ1n) is 12.7. The van der Waals surface area contributed by atoms with Crippen molar-refractivity contribution >= 4 is 21.7 Å². The number of sulfonamides is 1. The number of para-hydroxylation sites is 1. The second-order valence-corrected chi connectivity index (χ2v) is 11.5. The molecule has 0 aliphatic rings. The van der Waals surface area contributed by atoms with Gasteiger partial charge in [0, 0.05) is 18.4 Å². The number of amides is 1. The van der Waals surface area contributed by atoms with Crippen molar-refractivity contribution in [2.24, 2.45) is 5.92 Å². The molecule has 38 heavy (non-hydrogen) atoms. The summed E-state index contributed by atoms with van der Waals surface area (Å²) in [6.45, 7) is 3.29. The molecule has 202 valence electrons. The molecule has 2 unspecified atom stereocenters. The molecule has 0 saturated heterocycles. The first-order valence-corrected chi connectivity index (χ1v) is 14.2. The molecule has 1 amide bonds. The first kappa shape index (κ1) is 29.0. The largest absolute Gasteiger partial charge is 0.486 e. The van der Waals surface area contributed by atoms with Gasteiger partial charge in [-0.1, -0.05) is 62.4 Å². The van der Waals surface area contributed by atoms with Gasteiger partial charge in [0.2, 0.25) is 10.0 Å². The molecule has 0 fully saturated rings. The van der Waals surface area contributed by atoms with E-state index >= 15 is 0 Å². The predicted molar refractivity (Wildman–Crippen MR) is 147 cm³/mol. The number of nitrogens with one attached hydrogen (secondary N) is 2. The number of Topliss-reactive ketones (excluding diaryl/α,β-unsaturated/α-hetero) is 1. The van der Waals surface area contributed by atoms with E-state index in [1.165, 1.54) is 6.20 Å². The van der Waals surface area contributed by atoms with E-state index in [1.54, 1.807) is 42.6 Å². The zero-order valence-electron chi connectivity index (χ0n) is 21.7. The van der Waals surface area contributed by atoms with Gasteiger partial charge in [-0.05, 0) is 55.0 Å². The molecule has 1 heterocycles. The van der Waals surface area contributed by atoms with Crippen molar-refractivity contribution in [2.45, 2.75) is 44.4 Å². The number of ether oxygens (including phenoxy) is 1. The molecule has 3 aromatic rings. The second kappa shape index (κ2) is 14.4. The molecular formula is C29H35N3O5S. The lowest BCUT2D eigenvalue weighted by molar-refractivity contribution is -0.119. The number of ketones is 1. The van der Waals surface area contributed by atoms with Gasteiger partial charge in [-0.15, -0.1) is 0 Å². The summed E-state index contributed by atoms with van der Waals surface area (Å²) >= 11 is 0. The highest BCUT2D eigenvalue weighted by Gasteiger charge is 2.35. The number of carbonyl (C=O) groups excluding carboxylic acids is 2. The fourth-order valence-corrected chi connectivity index (χ4v) is 5.72. The number of hydrogen-bond donors (Lipinski definition) is 2. The summed E-state index contributed by atoms with van der Waals surface area (Å²) in [7, 11) is -4.00. The number of carbonyl (C=O) groups is 2. The van der Waals surface area contributed by atoms with Crippen LogP contribution in [-0.4, -0.2) is 49.5 Å². The SMILES string of the molecule is CC(C)CC(NC(=O)c1cccnc1)C(CCc1ccccc1)S(=O)(=O)NCC(=O)COc1ccccc1. The molecule has 9 heteroatoms. The Morgan fingerprint density at radius 2 is 1.63 bits per heavy atom. The smallest absolute Gasteiger partial charge is 0.253 e. The topological polar surface area (TPSA) is 114 Å². The van der Waals surface area contributed by atoms with Gasteiger partial charge in [0.15, 0.2) is 5.78 Å². The summed E-state index contributed by atoms with van der Waals surface area (Å²) in [5, 5.41) is 1.97. The Bertz CT molecular complexity index is 1250. The van der Waals surface area contributed by atoms with Crippen LogP contribution >= 0.6 is 0 Å². The van der Waals surface area contributed by atoms with Gasteiger partial charge in [-0.25, -0.2) is 13.1 Å². The summed E-state index contributed by atoms with van der Waals surface area (Å²) in [5.74, 6) is -0.154. The predicted octanol–water partition coefficient (Wildman–Crippen LogP) is 3.80. The molecule has 8 nitrogen and oxygen atoms in total. The van der Waals surface area contributed by atoms with Crippen molar-refractivity contribution in [1.29, 1.82) is 0 Å². The summed E-state index contributed by atoms with van der Waals surface area (Å²) in [6, 6.07) is 21.0. The van der Waals surface area contributed by atoms with E-state index in [2.05, 4.69) is 15.0 Å². The zero-order chi connectivity index (χ0) is 27.4. The summed E-state index contributed by atoms with van der Waals surface area (Å²) in [6.07, 6.45) is 4.21. The number of aryl methyl sites for hydroxylation is 1. The summed E-state index contributed by atoms with van der Waals surface area (Å²) < 4.78 is 35.1. The fourth-order valence-electron chi connectivity index (χ4n) is 4.11. The molecule has 2 atom stereocenters. The van der Waals surface area contributed by atoms with Crippen LogP contribution in [0.4, 0.5) is 0 Å². The third-order valence-corrected chi connectivity index (χ3v) is 7.89. The first-order chi connectivity index (χ1) is 18.2. The number of aromatic nitrogens is 1. The average Bonchev–Trinajstić information content (AvgIpc) is 2.92. The van der Waals surface area contributed by atoms with Gasteiger partial charge in [-0.3, -0.25) is 14.6 Å². The van der Waals surface area contributed by atoms with Crippen molar-refractivity contribution in [1.82, 2.24) is 15.0 Å². The Balaban J connectivity index is 1.76. The van der Waals surface area contributed by atoms with Crippen molar-refractivity contribution < 1.29 is 22.7 Å². The second-order valence-electron chi connectivity index (χ2n) is 9.52. The third-order valence-electron chi connectivity index (χ3n) is 5.99. The van der Waals surface area contributed by atoms with Crippen LogP contribution in [0, 0.1) is 5.92 Å². The highest BCUT2D eigenvalue weighted by Crippen LogP contribution is 2.20. The molecule has 0 aliphatic heterocycles. The number of pyridine rings is 1. The Morgan fingerprint density at radius 3 is 2.26 bits per heavy atom. The van der Waals surface area contributed by atoms with Crippen LogP contribution in [-0.2, 0) is 21.2 Å². The van der Waals surface area contributed by atoms with Gasteiger partial charge >= 0.3 is 0 Å². The maximum atomic E-state index is 13.6. The Morgan fingerprint density at radius 1 is 0.947 bits per heavy atom. The maximum absolute atomic E-state index is 13.6. The summed E-state index contributed by atoms with van der Waals surface area (Å²) in [5.41, 5.74) is 1.34. The lowest BCUT2D eigenvalue weighted by Gasteiger charge is -2.29. The van der Waals surface area contributed by atoms with E-state index in [-0.39, 0.29) is 18.9 Å². The Labute approximate surface area is 224 Å². The molecule has 2 N–H and O–H groups in total. The molecule has 0 spiro atoms. The minimum Gasteiger partial charge on any atom is -0.486 e. The molecule has 0 saturated carbocycles. The molecule has 0 radical (unpaired) electrons. The van der Waals surface area contributed by atoms with Gasteiger partial charge in [-0.2, -0.15) is 0 Å². The van der Waals surface area contributed by atoms with Crippen LogP contribution in [0.1, 0.15) is 42.6 Å². The summed E-state index contributed by atoms with van der Waals surface area (Å²) in [4.78, 5) is 29.4. The molecule has 2 aromatic carbocycles. The highest BCUT2D eigenvalue weighted by molar-refractivity contribution is 7.90.